The largest absolute Gasteiger partial charge is 0.481 e. The van der Waals surface area contributed by atoms with Crippen LogP contribution in [0.25, 0.3) is 0 Å². The molecule has 0 saturated carbocycles. The molecule has 12 heteroatoms. The number of hydrogen-bond acceptors (Lipinski definition) is 7. The van der Waals surface area contributed by atoms with Crippen molar-refractivity contribution in [3.8, 4) is 0 Å². The Bertz CT molecular complexity index is 1690. The summed E-state index contributed by atoms with van der Waals surface area (Å²) >= 11 is 0. The number of β-lactam (4-membered cyclic amide) rings is 1. The van der Waals surface area contributed by atoms with Gasteiger partial charge in [0.1, 0.15) is 21.8 Å². The fraction of sp³-hybridized carbons (Fsp3) is 0.389. The van der Waals surface area contributed by atoms with Crippen molar-refractivity contribution < 1.29 is 46.9 Å². The minimum Gasteiger partial charge on any atom is -0.481 e. The minimum absolute atomic E-state index is 0.00120. The van der Waals surface area contributed by atoms with E-state index in [0.717, 1.165) is 16.7 Å². The summed E-state index contributed by atoms with van der Waals surface area (Å²) in [5, 5.41) is 18.3. The lowest BCUT2D eigenvalue weighted by atomic mass is 9.78. The lowest BCUT2D eigenvalue weighted by molar-refractivity contribution is -0.155. The lowest BCUT2D eigenvalue weighted by Crippen LogP contribution is -2.55. The Kier molecular flexibility index (Phi) is 12.1. The zero-order valence-corrected chi connectivity index (χ0v) is 27.7. The molecule has 3 aromatic rings. The van der Waals surface area contributed by atoms with Crippen LogP contribution in [0.15, 0.2) is 72.8 Å². The van der Waals surface area contributed by atoms with Gasteiger partial charge < -0.3 is 19.8 Å². The van der Waals surface area contributed by atoms with Gasteiger partial charge in [-0.1, -0.05) is 48.5 Å². The van der Waals surface area contributed by atoms with Crippen molar-refractivity contribution in [2.24, 2.45) is 11.8 Å². The first kappa shape index (κ1) is 36.3. The molecule has 1 amide bonds. The Morgan fingerprint density at radius 1 is 0.854 bits per heavy atom. The highest BCUT2D eigenvalue weighted by atomic mass is 32.2. The molecule has 3 atom stereocenters. The highest BCUT2D eigenvalue weighted by Crippen LogP contribution is 2.46. The monoisotopic (exact) mass is 681 g/mol. The summed E-state index contributed by atoms with van der Waals surface area (Å²) in [6.45, 7) is 1.30. The van der Waals surface area contributed by atoms with E-state index < -0.39 is 51.5 Å². The molecule has 1 heterocycles. The number of ether oxygens (including phenoxy) is 1. The fourth-order valence-corrected chi connectivity index (χ4v) is 6.78. The standard InChI is InChI=1S/C36H40FNO9S/c1-23(39)47-32(26-14-16-28(37)17-15-26)21-20-30-33(27-12-8-24(9-13-27)5-3-7-31(35(41)42)36(43)44)38(34(30)40)29-18-10-25(11-19-29)6-4-22-48(2,45)46/h8-19,30-33H,3-7,20-22H2,1-2H3,(H,41,42)(H,43,44)/t30-,32+,33-/m1/s1. The molecule has 1 fully saturated rings. The van der Waals surface area contributed by atoms with E-state index in [9.17, 15) is 32.0 Å². The molecule has 1 aliphatic rings. The number of nitrogens with zero attached hydrogens (tertiary/aromatic N) is 1. The average molecular weight is 682 g/mol. The maximum Gasteiger partial charge on any atom is 0.317 e. The number of carboxylic acid groups (broad SMARTS) is 2. The third-order valence-corrected chi connectivity index (χ3v) is 9.60. The van der Waals surface area contributed by atoms with Crippen LogP contribution in [-0.4, -0.2) is 54.5 Å². The van der Waals surface area contributed by atoms with E-state index in [1.165, 1.54) is 25.3 Å². The van der Waals surface area contributed by atoms with E-state index in [0.29, 0.717) is 49.8 Å². The highest BCUT2D eigenvalue weighted by molar-refractivity contribution is 7.90. The quantitative estimate of drug-likeness (QED) is 0.104. The number of carboxylic acids is 2. The first-order valence-electron chi connectivity index (χ1n) is 15.8. The van der Waals surface area contributed by atoms with Gasteiger partial charge in [-0.2, -0.15) is 0 Å². The molecule has 0 unspecified atom stereocenters. The molecule has 1 saturated heterocycles. The van der Waals surface area contributed by atoms with E-state index in [-0.39, 0.29) is 24.1 Å². The van der Waals surface area contributed by atoms with Crippen LogP contribution in [0, 0.1) is 17.7 Å². The predicted molar refractivity (Wildman–Crippen MR) is 176 cm³/mol. The van der Waals surface area contributed by atoms with Gasteiger partial charge in [0.05, 0.1) is 17.7 Å². The molecule has 1 aliphatic heterocycles. The number of aryl methyl sites for hydroxylation is 2. The Labute approximate surface area is 279 Å². The van der Waals surface area contributed by atoms with Crippen LogP contribution in [0.3, 0.4) is 0 Å². The number of amides is 1. The summed E-state index contributed by atoms with van der Waals surface area (Å²) in [4.78, 5) is 49.8. The molecular weight excluding hydrogens is 641 g/mol. The van der Waals surface area contributed by atoms with E-state index in [1.54, 1.807) is 17.0 Å². The first-order chi connectivity index (χ1) is 22.7. The summed E-state index contributed by atoms with van der Waals surface area (Å²) in [5.41, 5.74) is 4.01. The number of esters is 1. The number of sulfone groups is 1. The molecule has 48 heavy (non-hydrogen) atoms. The number of aliphatic carboxylic acids is 2. The second-order valence-electron chi connectivity index (χ2n) is 12.2. The van der Waals surface area contributed by atoms with Gasteiger partial charge in [0.15, 0.2) is 5.92 Å². The predicted octanol–water partition coefficient (Wildman–Crippen LogP) is 5.70. The van der Waals surface area contributed by atoms with Crippen molar-refractivity contribution in [1.82, 2.24) is 0 Å². The van der Waals surface area contributed by atoms with Crippen LogP contribution in [0.5, 0.6) is 0 Å². The van der Waals surface area contributed by atoms with Gasteiger partial charge in [0, 0.05) is 18.9 Å². The Balaban J connectivity index is 1.53. The lowest BCUT2D eigenvalue weighted by Gasteiger charge is -2.48. The van der Waals surface area contributed by atoms with Crippen molar-refractivity contribution in [1.29, 1.82) is 0 Å². The second kappa shape index (κ2) is 16.0. The Hall–Kier alpha value is -4.58. The molecule has 0 spiro atoms. The highest BCUT2D eigenvalue weighted by Gasteiger charge is 2.48. The van der Waals surface area contributed by atoms with Gasteiger partial charge in [-0.25, -0.2) is 12.8 Å². The maximum absolute atomic E-state index is 13.7. The van der Waals surface area contributed by atoms with Gasteiger partial charge >= 0.3 is 17.9 Å². The third kappa shape index (κ3) is 9.72. The second-order valence-corrected chi connectivity index (χ2v) is 14.5. The smallest absolute Gasteiger partial charge is 0.317 e. The number of anilines is 1. The van der Waals surface area contributed by atoms with Crippen LogP contribution in [0.2, 0.25) is 0 Å². The summed E-state index contributed by atoms with van der Waals surface area (Å²) in [5.74, 6) is -5.57. The van der Waals surface area contributed by atoms with E-state index in [1.807, 2.05) is 48.5 Å². The van der Waals surface area contributed by atoms with Crippen molar-refractivity contribution >= 4 is 39.3 Å². The molecule has 0 bridgehead atoms. The molecule has 256 valence electrons. The van der Waals surface area contributed by atoms with Gasteiger partial charge in [0.2, 0.25) is 5.91 Å². The molecule has 0 aliphatic carbocycles. The van der Waals surface area contributed by atoms with Crippen LogP contribution >= 0.6 is 0 Å². The van der Waals surface area contributed by atoms with Crippen LogP contribution in [-0.2, 0) is 46.6 Å². The third-order valence-electron chi connectivity index (χ3n) is 8.57. The average Bonchev–Trinajstić information content (AvgIpc) is 3.01. The zero-order chi connectivity index (χ0) is 35.0. The van der Waals surface area contributed by atoms with Gasteiger partial charge in [0.25, 0.3) is 0 Å². The van der Waals surface area contributed by atoms with Gasteiger partial charge in [-0.3, -0.25) is 19.2 Å². The van der Waals surface area contributed by atoms with Gasteiger partial charge in [-0.15, -0.1) is 0 Å². The molecule has 2 N–H and O–H groups in total. The van der Waals surface area contributed by atoms with E-state index in [2.05, 4.69) is 0 Å². The molecule has 0 radical (unpaired) electrons. The van der Waals surface area contributed by atoms with Crippen molar-refractivity contribution in [3.05, 3.63) is 101 Å². The molecule has 3 aromatic carbocycles. The normalized spacial score (nSPS) is 16.8. The zero-order valence-electron chi connectivity index (χ0n) is 26.9. The number of benzene rings is 3. The van der Waals surface area contributed by atoms with Crippen molar-refractivity contribution in [2.75, 3.05) is 16.9 Å². The number of hydrogen-bond donors (Lipinski definition) is 2. The fourth-order valence-electron chi connectivity index (χ4n) is 6.11. The van der Waals surface area contributed by atoms with Crippen molar-refractivity contribution in [2.45, 2.75) is 64.0 Å². The van der Waals surface area contributed by atoms with Crippen LogP contribution < -0.4 is 4.90 Å². The molecule has 4 rings (SSSR count). The maximum atomic E-state index is 13.7. The Morgan fingerprint density at radius 3 is 1.96 bits per heavy atom. The SMILES string of the molecule is CC(=O)O[C@@H](CC[C@H]1C(=O)N(c2ccc(CCCS(C)(=O)=O)cc2)[C@@H]1c1ccc(CCCC(C(=O)O)C(=O)O)cc1)c1ccc(F)cc1. The molecule has 10 nitrogen and oxygen atoms in total. The summed E-state index contributed by atoms with van der Waals surface area (Å²) in [6, 6.07) is 20.4. The topological polar surface area (TPSA) is 155 Å². The van der Waals surface area contributed by atoms with Crippen LogP contribution in [0.1, 0.15) is 73.4 Å². The number of carbonyl (C=O) groups excluding carboxylic acids is 2. The number of carbonyl (C=O) groups is 4. The summed E-state index contributed by atoms with van der Waals surface area (Å²) < 4.78 is 42.2. The van der Waals surface area contributed by atoms with E-state index in [4.69, 9.17) is 14.9 Å². The Morgan fingerprint density at radius 2 is 1.42 bits per heavy atom. The number of rotatable bonds is 17. The first-order valence-corrected chi connectivity index (χ1v) is 17.9. The summed E-state index contributed by atoms with van der Waals surface area (Å²) in [7, 11) is -3.06. The van der Waals surface area contributed by atoms with Crippen molar-refractivity contribution in [3.63, 3.8) is 0 Å². The number of halogens is 1. The summed E-state index contributed by atoms with van der Waals surface area (Å²) in [6.07, 6.45) is 3.17. The van der Waals surface area contributed by atoms with Crippen LogP contribution in [0.4, 0.5) is 10.1 Å². The molecule has 0 aromatic heterocycles. The minimum atomic E-state index is -3.06. The molecular formula is C36H40FNO9S. The van der Waals surface area contributed by atoms with E-state index >= 15 is 0 Å². The van der Waals surface area contributed by atoms with Gasteiger partial charge in [-0.05, 0) is 91.5 Å².